The van der Waals surface area contributed by atoms with Crippen LogP contribution in [0.5, 0.6) is 11.5 Å². The molecular formula is C17H16O3. The topological polar surface area (TPSA) is 35.5 Å². The average Bonchev–Trinajstić information content (AvgIpc) is 2.53. The molecule has 0 bridgehead atoms. The van der Waals surface area contributed by atoms with Gasteiger partial charge in [-0.15, -0.1) is 0 Å². The highest BCUT2D eigenvalue weighted by Gasteiger charge is 2.15. The van der Waals surface area contributed by atoms with Crippen molar-refractivity contribution in [3.05, 3.63) is 65.7 Å². The van der Waals surface area contributed by atoms with Crippen LogP contribution in [0.15, 0.2) is 49.0 Å². The maximum Gasteiger partial charge on any atom is 0.196 e. The lowest BCUT2D eigenvalue weighted by Crippen LogP contribution is -2.04. The second-order valence-electron chi connectivity index (χ2n) is 4.22. The second kappa shape index (κ2) is 6.06. The van der Waals surface area contributed by atoms with E-state index in [1.54, 1.807) is 43.5 Å². The number of benzene rings is 2. The molecule has 0 spiro atoms. The van der Waals surface area contributed by atoms with Crippen LogP contribution in [-0.2, 0) is 0 Å². The van der Waals surface area contributed by atoms with E-state index < -0.39 is 0 Å². The molecule has 2 rings (SSSR count). The fourth-order valence-electron chi connectivity index (χ4n) is 1.91. The molecule has 0 atom stereocenters. The van der Waals surface area contributed by atoms with Crippen molar-refractivity contribution in [3.63, 3.8) is 0 Å². The summed E-state index contributed by atoms with van der Waals surface area (Å²) in [6.45, 7) is 3.69. The minimum Gasteiger partial charge on any atom is -0.497 e. The molecule has 0 heterocycles. The summed E-state index contributed by atoms with van der Waals surface area (Å²) in [4.78, 5) is 12.5. The standard InChI is InChI=1S/C17H16O3/c1-4-12-5-7-13(8-6-12)17(18)15-10-9-14(19-2)11-16(15)20-3/h4-11H,1H2,2-3H3. The summed E-state index contributed by atoms with van der Waals surface area (Å²) in [6.07, 6.45) is 1.74. The van der Waals surface area contributed by atoms with Crippen molar-refractivity contribution in [2.45, 2.75) is 0 Å². The molecule has 0 aliphatic carbocycles. The number of ketones is 1. The van der Waals surface area contributed by atoms with Crippen LogP contribution in [0.3, 0.4) is 0 Å². The lowest BCUT2D eigenvalue weighted by atomic mass is 10.0. The fourth-order valence-corrected chi connectivity index (χ4v) is 1.91. The summed E-state index contributed by atoms with van der Waals surface area (Å²) >= 11 is 0. The van der Waals surface area contributed by atoms with Gasteiger partial charge < -0.3 is 9.47 Å². The maximum atomic E-state index is 12.5. The van der Waals surface area contributed by atoms with Crippen molar-refractivity contribution in [2.75, 3.05) is 14.2 Å². The van der Waals surface area contributed by atoms with Crippen molar-refractivity contribution in [3.8, 4) is 11.5 Å². The van der Waals surface area contributed by atoms with E-state index in [0.29, 0.717) is 22.6 Å². The molecule has 3 heteroatoms. The van der Waals surface area contributed by atoms with Gasteiger partial charge in [-0.2, -0.15) is 0 Å². The Bertz CT molecular complexity index is 627. The van der Waals surface area contributed by atoms with Crippen LogP contribution in [0, 0.1) is 0 Å². The van der Waals surface area contributed by atoms with E-state index in [2.05, 4.69) is 6.58 Å². The molecule has 0 saturated heterocycles. The zero-order valence-corrected chi connectivity index (χ0v) is 11.6. The van der Waals surface area contributed by atoms with Gasteiger partial charge in [-0.05, 0) is 17.7 Å². The molecule has 0 fully saturated rings. The van der Waals surface area contributed by atoms with Gasteiger partial charge in [0.05, 0.1) is 19.8 Å². The Kier molecular flexibility index (Phi) is 4.20. The predicted molar refractivity (Wildman–Crippen MR) is 79.5 cm³/mol. The molecule has 0 radical (unpaired) electrons. The minimum absolute atomic E-state index is 0.0832. The third kappa shape index (κ3) is 2.72. The molecule has 3 nitrogen and oxygen atoms in total. The number of ether oxygens (including phenoxy) is 2. The maximum absolute atomic E-state index is 12.5. The molecule has 102 valence electrons. The van der Waals surface area contributed by atoms with E-state index in [4.69, 9.17) is 9.47 Å². The summed E-state index contributed by atoms with van der Waals surface area (Å²) in [5.41, 5.74) is 2.10. The molecule has 2 aromatic carbocycles. The van der Waals surface area contributed by atoms with E-state index in [9.17, 15) is 4.79 Å². The van der Waals surface area contributed by atoms with E-state index in [0.717, 1.165) is 5.56 Å². The van der Waals surface area contributed by atoms with E-state index in [1.807, 2.05) is 12.1 Å². The van der Waals surface area contributed by atoms with Crippen molar-refractivity contribution in [1.29, 1.82) is 0 Å². The lowest BCUT2D eigenvalue weighted by Gasteiger charge is -2.09. The zero-order valence-electron chi connectivity index (χ0n) is 11.6. The van der Waals surface area contributed by atoms with Gasteiger partial charge >= 0.3 is 0 Å². The molecule has 20 heavy (non-hydrogen) atoms. The first-order chi connectivity index (χ1) is 9.69. The summed E-state index contributed by atoms with van der Waals surface area (Å²) in [5, 5.41) is 0. The van der Waals surface area contributed by atoms with E-state index in [-0.39, 0.29) is 5.78 Å². The zero-order chi connectivity index (χ0) is 14.5. The number of carbonyl (C=O) groups excluding carboxylic acids is 1. The highest BCUT2D eigenvalue weighted by Crippen LogP contribution is 2.26. The Morgan fingerprint density at radius 1 is 1.05 bits per heavy atom. The smallest absolute Gasteiger partial charge is 0.196 e. The summed E-state index contributed by atoms with van der Waals surface area (Å²) in [7, 11) is 3.11. The molecule has 2 aromatic rings. The van der Waals surface area contributed by atoms with Gasteiger partial charge in [0.25, 0.3) is 0 Å². The summed E-state index contributed by atoms with van der Waals surface area (Å²) in [6, 6.07) is 12.4. The van der Waals surface area contributed by atoms with Gasteiger partial charge in [-0.25, -0.2) is 0 Å². The first-order valence-corrected chi connectivity index (χ1v) is 6.19. The summed E-state index contributed by atoms with van der Waals surface area (Å²) in [5.74, 6) is 1.07. The number of carbonyl (C=O) groups is 1. The van der Waals surface area contributed by atoms with Crippen molar-refractivity contribution < 1.29 is 14.3 Å². The summed E-state index contributed by atoms with van der Waals surface area (Å²) < 4.78 is 10.4. The largest absolute Gasteiger partial charge is 0.497 e. The molecule has 0 aliphatic heterocycles. The van der Waals surface area contributed by atoms with Crippen LogP contribution in [0.4, 0.5) is 0 Å². The quantitative estimate of drug-likeness (QED) is 0.777. The van der Waals surface area contributed by atoms with Crippen molar-refractivity contribution in [1.82, 2.24) is 0 Å². The van der Waals surface area contributed by atoms with Crippen LogP contribution < -0.4 is 9.47 Å². The van der Waals surface area contributed by atoms with Crippen LogP contribution >= 0.6 is 0 Å². The normalized spacial score (nSPS) is 9.90. The number of methoxy groups -OCH3 is 2. The number of rotatable bonds is 5. The van der Waals surface area contributed by atoms with Gasteiger partial charge in [-0.3, -0.25) is 4.79 Å². The van der Waals surface area contributed by atoms with Gasteiger partial charge in [0.2, 0.25) is 0 Å². The fraction of sp³-hybridized carbons (Fsp3) is 0.118. The highest BCUT2D eigenvalue weighted by atomic mass is 16.5. The third-order valence-electron chi connectivity index (χ3n) is 3.06. The van der Waals surface area contributed by atoms with Crippen LogP contribution in [0.2, 0.25) is 0 Å². The Morgan fingerprint density at radius 3 is 2.30 bits per heavy atom. The highest BCUT2D eigenvalue weighted by molar-refractivity contribution is 6.10. The average molecular weight is 268 g/mol. The molecule has 0 amide bonds. The first-order valence-electron chi connectivity index (χ1n) is 6.19. The molecule has 0 saturated carbocycles. The lowest BCUT2D eigenvalue weighted by molar-refractivity contribution is 0.103. The molecule has 0 unspecified atom stereocenters. The van der Waals surface area contributed by atoms with E-state index >= 15 is 0 Å². The monoisotopic (exact) mass is 268 g/mol. The molecule has 0 aliphatic rings. The Balaban J connectivity index is 2.39. The molecule has 0 aromatic heterocycles. The van der Waals surface area contributed by atoms with Gasteiger partial charge in [0.15, 0.2) is 5.78 Å². The third-order valence-corrected chi connectivity index (χ3v) is 3.06. The van der Waals surface area contributed by atoms with Gasteiger partial charge in [0, 0.05) is 11.6 Å². The Morgan fingerprint density at radius 2 is 1.75 bits per heavy atom. The van der Waals surface area contributed by atoms with Gasteiger partial charge in [-0.1, -0.05) is 36.9 Å². The van der Waals surface area contributed by atoms with Gasteiger partial charge in [0.1, 0.15) is 11.5 Å². The number of hydrogen-bond donors (Lipinski definition) is 0. The Labute approximate surface area is 118 Å². The minimum atomic E-state index is -0.0832. The van der Waals surface area contributed by atoms with E-state index in [1.165, 1.54) is 7.11 Å². The molecule has 0 N–H and O–H groups in total. The first kappa shape index (κ1) is 13.9. The SMILES string of the molecule is C=Cc1ccc(C(=O)c2ccc(OC)cc2OC)cc1. The van der Waals surface area contributed by atoms with Crippen molar-refractivity contribution in [2.24, 2.45) is 0 Å². The van der Waals surface area contributed by atoms with Crippen LogP contribution in [0.1, 0.15) is 21.5 Å². The van der Waals surface area contributed by atoms with Crippen LogP contribution in [0.25, 0.3) is 6.08 Å². The Hall–Kier alpha value is -2.55. The predicted octanol–water partition coefficient (Wildman–Crippen LogP) is 3.58. The van der Waals surface area contributed by atoms with Crippen LogP contribution in [-0.4, -0.2) is 20.0 Å². The molecular weight excluding hydrogens is 252 g/mol. The van der Waals surface area contributed by atoms with Crippen molar-refractivity contribution >= 4 is 11.9 Å². The number of hydrogen-bond acceptors (Lipinski definition) is 3. The second-order valence-corrected chi connectivity index (χ2v) is 4.22.